The lowest BCUT2D eigenvalue weighted by Gasteiger charge is -2.46. The van der Waals surface area contributed by atoms with Gasteiger partial charge in [-0.1, -0.05) is 23.2 Å². The average Bonchev–Trinajstić information content (AvgIpc) is 2.17. The van der Waals surface area contributed by atoms with Gasteiger partial charge in [0.2, 0.25) is 0 Å². The smallest absolute Gasteiger partial charge is 0.138 e. The first kappa shape index (κ1) is 15.0. The maximum Gasteiger partial charge on any atom is 0.138 e. The summed E-state index contributed by atoms with van der Waals surface area (Å²) in [6, 6.07) is 5.36. The molecule has 1 aromatic carbocycles. The van der Waals surface area contributed by atoms with E-state index in [1.54, 1.807) is 12.1 Å². The van der Waals surface area contributed by atoms with Crippen LogP contribution in [0.5, 0.6) is 5.75 Å². The van der Waals surface area contributed by atoms with Crippen molar-refractivity contribution in [3.8, 4) is 5.75 Å². The second-order valence-electron chi connectivity index (χ2n) is 6.62. The van der Waals surface area contributed by atoms with Crippen LogP contribution in [0.25, 0.3) is 0 Å². The summed E-state index contributed by atoms with van der Waals surface area (Å²) in [5.74, 6) is 0.713. The molecule has 1 N–H and O–H groups in total. The second-order valence-corrected chi connectivity index (χ2v) is 7.46. The van der Waals surface area contributed by atoms with Crippen molar-refractivity contribution >= 4 is 23.2 Å². The maximum atomic E-state index is 6.17. The van der Waals surface area contributed by atoms with E-state index in [1.807, 2.05) is 6.07 Å². The van der Waals surface area contributed by atoms with Crippen molar-refractivity contribution in [1.29, 1.82) is 0 Å². The first-order valence-electron chi connectivity index (χ1n) is 6.58. The fraction of sp³-hybridized carbons (Fsp3) is 0.600. The van der Waals surface area contributed by atoms with Crippen LogP contribution in [0.1, 0.15) is 40.5 Å². The summed E-state index contributed by atoms with van der Waals surface area (Å²) >= 11 is 12.1. The summed E-state index contributed by atoms with van der Waals surface area (Å²) in [4.78, 5) is 0. The number of hydrogen-bond donors (Lipinski definition) is 1. The van der Waals surface area contributed by atoms with Crippen LogP contribution in [-0.2, 0) is 0 Å². The predicted molar refractivity (Wildman–Crippen MR) is 81.4 cm³/mol. The normalized spacial score (nSPS) is 22.2. The van der Waals surface area contributed by atoms with Crippen LogP contribution in [0.3, 0.4) is 0 Å². The van der Waals surface area contributed by atoms with E-state index >= 15 is 0 Å². The number of ether oxygens (including phenoxy) is 1. The Bertz CT molecular complexity index is 455. The van der Waals surface area contributed by atoms with Crippen LogP contribution in [-0.4, -0.2) is 17.2 Å². The van der Waals surface area contributed by atoms with E-state index in [2.05, 4.69) is 33.0 Å². The number of piperidine rings is 1. The van der Waals surface area contributed by atoms with Crippen LogP contribution in [0.2, 0.25) is 10.0 Å². The first-order chi connectivity index (χ1) is 8.67. The summed E-state index contributed by atoms with van der Waals surface area (Å²) in [7, 11) is 0. The second kappa shape index (κ2) is 5.16. The maximum absolute atomic E-state index is 6.17. The van der Waals surface area contributed by atoms with Gasteiger partial charge in [0.1, 0.15) is 11.9 Å². The molecular weight excluding hydrogens is 281 g/mol. The quantitative estimate of drug-likeness (QED) is 0.856. The summed E-state index contributed by atoms with van der Waals surface area (Å²) in [6.45, 7) is 8.81. The molecule has 106 valence electrons. The molecule has 0 radical (unpaired) electrons. The number of halogens is 2. The number of rotatable bonds is 2. The van der Waals surface area contributed by atoms with Crippen molar-refractivity contribution < 1.29 is 4.74 Å². The average molecular weight is 302 g/mol. The van der Waals surface area contributed by atoms with Crippen LogP contribution in [0.4, 0.5) is 0 Å². The largest absolute Gasteiger partial charge is 0.489 e. The highest BCUT2D eigenvalue weighted by molar-refractivity contribution is 6.35. The standard InChI is InChI=1S/C15H21Cl2NO/c1-14(2)8-11(9-15(3,4)18-14)19-13-6-5-10(16)7-12(13)17/h5-7,11,18H,8-9H2,1-4H3. The molecule has 1 heterocycles. The van der Waals surface area contributed by atoms with Gasteiger partial charge in [0.05, 0.1) is 5.02 Å². The molecule has 0 atom stereocenters. The monoisotopic (exact) mass is 301 g/mol. The lowest BCUT2D eigenvalue weighted by molar-refractivity contribution is 0.0560. The van der Waals surface area contributed by atoms with Gasteiger partial charge in [0.25, 0.3) is 0 Å². The zero-order valence-electron chi connectivity index (χ0n) is 11.9. The summed E-state index contributed by atoms with van der Waals surface area (Å²) in [6.07, 6.45) is 2.06. The molecule has 0 saturated carbocycles. The molecule has 0 aliphatic carbocycles. The highest BCUT2D eigenvalue weighted by Crippen LogP contribution is 2.34. The molecule has 1 fully saturated rings. The number of benzene rings is 1. The molecule has 1 aliphatic heterocycles. The Kier molecular flexibility index (Phi) is 4.06. The zero-order chi connectivity index (χ0) is 14.3. The van der Waals surface area contributed by atoms with Gasteiger partial charge in [-0.15, -0.1) is 0 Å². The Hall–Kier alpha value is -0.440. The van der Waals surface area contributed by atoms with Crippen LogP contribution in [0, 0.1) is 0 Å². The molecule has 0 amide bonds. The lowest BCUT2D eigenvalue weighted by atomic mass is 9.81. The zero-order valence-corrected chi connectivity index (χ0v) is 13.4. The summed E-state index contributed by atoms with van der Waals surface area (Å²) < 4.78 is 6.08. The number of nitrogens with one attached hydrogen (secondary N) is 1. The fourth-order valence-electron chi connectivity index (χ4n) is 3.06. The van der Waals surface area contributed by atoms with Gasteiger partial charge in [0, 0.05) is 28.9 Å². The van der Waals surface area contributed by atoms with E-state index in [-0.39, 0.29) is 17.2 Å². The van der Waals surface area contributed by atoms with Crippen molar-refractivity contribution in [3.05, 3.63) is 28.2 Å². The molecule has 0 unspecified atom stereocenters. The minimum atomic E-state index is 0.0608. The Morgan fingerprint density at radius 3 is 2.21 bits per heavy atom. The Labute approximate surface area is 125 Å². The van der Waals surface area contributed by atoms with E-state index in [1.165, 1.54) is 0 Å². The SMILES string of the molecule is CC1(C)CC(Oc2ccc(Cl)cc2Cl)CC(C)(C)N1. The highest BCUT2D eigenvalue weighted by atomic mass is 35.5. The van der Waals surface area contributed by atoms with Crippen molar-refractivity contribution in [1.82, 2.24) is 5.32 Å². The lowest BCUT2D eigenvalue weighted by Crippen LogP contribution is -2.60. The number of hydrogen-bond acceptors (Lipinski definition) is 2. The molecule has 1 saturated heterocycles. The molecule has 2 nitrogen and oxygen atoms in total. The van der Waals surface area contributed by atoms with Crippen molar-refractivity contribution in [2.75, 3.05) is 0 Å². The van der Waals surface area contributed by atoms with Gasteiger partial charge < -0.3 is 10.1 Å². The molecule has 1 aromatic rings. The Morgan fingerprint density at radius 2 is 1.68 bits per heavy atom. The van der Waals surface area contributed by atoms with Gasteiger partial charge in [-0.05, 0) is 45.9 Å². The minimum Gasteiger partial charge on any atom is -0.489 e. The van der Waals surface area contributed by atoms with Gasteiger partial charge >= 0.3 is 0 Å². The first-order valence-corrected chi connectivity index (χ1v) is 7.34. The van der Waals surface area contributed by atoms with Gasteiger partial charge in [-0.3, -0.25) is 0 Å². The molecular formula is C15H21Cl2NO. The molecule has 0 aromatic heterocycles. The predicted octanol–water partition coefficient (Wildman–Crippen LogP) is 4.68. The van der Waals surface area contributed by atoms with Crippen LogP contribution >= 0.6 is 23.2 Å². The molecule has 19 heavy (non-hydrogen) atoms. The van der Waals surface area contributed by atoms with E-state index in [0.717, 1.165) is 12.8 Å². The Balaban J connectivity index is 2.14. The summed E-state index contributed by atoms with van der Waals surface area (Å²) in [5, 5.41) is 4.84. The van der Waals surface area contributed by atoms with Gasteiger partial charge in [-0.2, -0.15) is 0 Å². The van der Waals surface area contributed by atoms with E-state index in [0.29, 0.717) is 15.8 Å². The fourth-order valence-corrected chi connectivity index (χ4v) is 3.52. The third-order valence-electron chi connectivity index (χ3n) is 3.34. The molecule has 0 bridgehead atoms. The van der Waals surface area contributed by atoms with E-state index in [4.69, 9.17) is 27.9 Å². The third-order valence-corrected chi connectivity index (χ3v) is 3.87. The van der Waals surface area contributed by atoms with Crippen molar-refractivity contribution in [3.63, 3.8) is 0 Å². The third kappa shape index (κ3) is 4.01. The Morgan fingerprint density at radius 1 is 1.11 bits per heavy atom. The topological polar surface area (TPSA) is 21.3 Å². The molecule has 2 rings (SSSR count). The summed E-state index contributed by atoms with van der Waals surface area (Å²) in [5.41, 5.74) is 0.122. The highest BCUT2D eigenvalue weighted by Gasteiger charge is 2.38. The van der Waals surface area contributed by atoms with E-state index in [9.17, 15) is 0 Å². The minimum absolute atomic E-state index is 0.0608. The molecule has 4 heteroatoms. The van der Waals surface area contributed by atoms with Crippen LogP contribution in [0.15, 0.2) is 18.2 Å². The van der Waals surface area contributed by atoms with Gasteiger partial charge in [-0.25, -0.2) is 0 Å². The molecule has 1 aliphatic rings. The van der Waals surface area contributed by atoms with Crippen molar-refractivity contribution in [2.45, 2.75) is 57.7 Å². The van der Waals surface area contributed by atoms with Gasteiger partial charge in [0.15, 0.2) is 0 Å². The molecule has 0 spiro atoms. The van der Waals surface area contributed by atoms with Crippen LogP contribution < -0.4 is 10.1 Å². The van der Waals surface area contributed by atoms with Crippen molar-refractivity contribution in [2.24, 2.45) is 0 Å². The van der Waals surface area contributed by atoms with E-state index < -0.39 is 0 Å².